The summed E-state index contributed by atoms with van der Waals surface area (Å²) in [5.74, 6) is 0.108. The number of nitrogens with two attached hydrogens (primary N) is 1. The fraction of sp³-hybridized carbons (Fsp3) is 0.214. The van der Waals surface area contributed by atoms with Crippen molar-refractivity contribution in [3.05, 3.63) is 50.7 Å². The van der Waals surface area contributed by atoms with Crippen molar-refractivity contribution in [1.29, 1.82) is 5.41 Å². The first-order valence-electron chi connectivity index (χ1n) is 5.88. The predicted molar refractivity (Wildman–Crippen MR) is 83.6 cm³/mol. The highest BCUT2D eigenvalue weighted by atomic mass is 35.5. The first-order valence-corrected chi connectivity index (χ1v) is 7.07. The summed E-state index contributed by atoms with van der Waals surface area (Å²) in [4.78, 5) is 3.37. The van der Waals surface area contributed by atoms with Gasteiger partial charge in [-0.1, -0.05) is 11.6 Å². The number of aryl methyl sites for hydroxylation is 1. The Balaban J connectivity index is 2.17. The summed E-state index contributed by atoms with van der Waals surface area (Å²) in [7, 11) is 2.04. The van der Waals surface area contributed by atoms with Crippen LogP contribution in [0.2, 0.25) is 4.34 Å². The van der Waals surface area contributed by atoms with Crippen molar-refractivity contribution in [2.45, 2.75) is 13.5 Å². The summed E-state index contributed by atoms with van der Waals surface area (Å²) in [6.45, 7) is 2.78. The molecule has 1 aromatic heterocycles. The van der Waals surface area contributed by atoms with E-state index in [1.165, 1.54) is 4.88 Å². The molecule has 0 amide bonds. The normalized spacial score (nSPS) is 10.5. The molecule has 5 heteroatoms. The van der Waals surface area contributed by atoms with E-state index in [2.05, 4.69) is 4.90 Å². The Hall–Kier alpha value is -1.52. The Bertz CT molecular complexity index is 606. The van der Waals surface area contributed by atoms with Crippen molar-refractivity contribution in [1.82, 2.24) is 0 Å². The minimum atomic E-state index is 0.108. The van der Waals surface area contributed by atoms with E-state index in [1.54, 1.807) is 11.3 Å². The predicted octanol–water partition coefficient (Wildman–Crippen LogP) is 3.63. The summed E-state index contributed by atoms with van der Waals surface area (Å²) in [5.41, 5.74) is 8.43. The van der Waals surface area contributed by atoms with Crippen molar-refractivity contribution >= 4 is 34.5 Å². The highest BCUT2D eigenvalue weighted by Gasteiger charge is 2.07. The van der Waals surface area contributed by atoms with Gasteiger partial charge in [0.2, 0.25) is 0 Å². The molecule has 0 spiro atoms. The number of hydrogen-bond acceptors (Lipinski definition) is 3. The van der Waals surface area contributed by atoms with Gasteiger partial charge in [-0.3, -0.25) is 5.41 Å². The average molecular weight is 294 g/mol. The maximum Gasteiger partial charge on any atom is 0.123 e. The van der Waals surface area contributed by atoms with Crippen LogP contribution in [0.25, 0.3) is 0 Å². The number of nitrogens with one attached hydrogen (secondary N) is 1. The van der Waals surface area contributed by atoms with Gasteiger partial charge in [0, 0.05) is 23.2 Å². The summed E-state index contributed by atoms with van der Waals surface area (Å²) >= 11 is 7.53. The lowest BCUT2D eigenvalue weighted by Crippen LogP contribution is -2.17. The van der Waals surface area contributed by atoms with E-state index in [4.69, 9.17) is 22.7 Å². The summed E-state index contributed by atoms with van der Waals surface area (Å²) in [6.07, 6.45) is 0. The molecule has 19 heavy (non-hydrogen) atoms. The molecule has 3 nitrogen and oxygen atoms in total. The Morgan fingerprint density at radius 3 is 2.63 bits per heavy atom. The lowest BCUT2D eigenvalue weighted by Gasteiger charge is -2.19. The number of nitrogen functional groups attached to an aromatic ring is 1. The molecule has 2 aromatic rings. The minimum Gasteiger partial charge on any atom is -0.384 e. The van der Waals surface area contributed by atoms with Crippen molar-refractivity contribution in [3.63, 3.8) is 0 Å². The van der Waals surface area contributed by atoms with Gasteiger partial charge < -0.3 is 10.6 Å². The molecule has 0 radical (unpaired) electrons. The molecule has 100 valence electrons. The van der Waals surface area contributed by atoms with Crippen LogP contribution in [0.3, 0.4) is 0 Å². The smallest absolute Gasteiger partial charge is 0.123 e. The number of rotatable bonds is 4. The molecule has 0 fully saturated rings. The lowest BCUT2D eigenvalue weighted by atomic mass is 10.1. The van der Waals surface area contributed by atoms with Gasteiger partial charge in [-0.2, -0.15) is 0 Å². The van der Waals surface area contributed by atoms with Crippen LogP contribution < -0.4 is 10.6 Å². The number of anilines is 1. The van der Waals surface area contributed by atoms with Crippen LogP contribution in [0.15, 0.2) is 30.3 Å². The van der Waals surface area contributed by atoms with Crippen LogP contribution in [-0.2, 0) is 6.54 Å². The second kappa shape index (κ2) is 5.63. The highest BCUT2D eigenvalue weighted by Crippen LogP contribution is 2.25. The van der Waals surface area contributed by atoms with Crippen molar-refractivity contribution in [2.75, 3.05) is 11.9 Å². The number of nitrogens with zero attached hydrogens (tertiary/aromatic N) is 1. The van der Waals surface area contributed by atoms with E-state index < -0.39 is 0 Å². The molecular weight excluding hydrogens is 278 g/mol. The molecular formula is C14H16ClN3S. The van der Waals surface area contributed by atoms with Gasteiger partial charge in [-0.15, -0.1) is 11.3 Å². The van der Waals surface area contributed by atoms with Crippen molar-refractivity contribution in [3.8, 4) is 0 Å². The largest absolute Gasteiger partial charge is 0.384 e. The molecule has 1 heterocycles. The molecule has 0 aliphatic carbocycles. The number of benzene rings is 1. The Labute approximate surface area is 122 Å². The van der Waals surface area contributed by atoms with Gasteiger partial charge >= 0.3 is 0 Å². The highest BCUT2D eigenvalue weighted by molar-refractivity contribution is 7.16. The molecule has 0 bridgehead atoms. The zero-order chi connectivity index (χ0) is 14.0. The molecule has 1 aromatic carbocycles. The third-order valence-corrected chi connectivity index (χ3v) is 4.18. The molecule has 0 unspecified atom stereocenters. The minimum absolute atomic E-state index is 0.108. The second-order valence-electron chi connectivity index (χ2n) is 4.47. The standard InChI is InChI=1S/C14H16ClN3S/c1-9-7-10(3-5-12(9)14(16)17)18(2)8-11-4-6-13(15)19-11/h3-7H,8H2,1-2H3,(H3,16,17). The van der Waals surface area contributed by atoms with Gasteiger partial charge in [0.25, 0.3) is 0 Å². The van der Waals surface area contributed by atoms with Gasteiger partial charge in [0.05, 0.1) is 10.9 Å². The maximum atomic E-state index is 7.49. The van der Waals surface area contributed by atoms with E-state index in [-0.39, 0.29) is 5.84 Å². The first-order chi connectivity index (χ1) is 8.97. The molecule has 2 rings (SSSR count). The average Bonchev–Trinajstić information content (AvgIpc) is 2.74. The van der Waals surface area contributed by atoms with Crippen LogP contribution in [0.5, 0.6) is 0 Å². The Morgan fingerprint density at radius 1 is 1.37 bits per heavy atom. The number of halogens is 1. The van der Waals surface area contributed by atoms with E-state index in [0.717, 1.165) is 27.7 Å². The number of hydrogen-bond donors (Lipinski definition) is 2. The summed E-state index contributed by atoms with van der Waals surface area (Å²) in [6, 6.07) is 9.88. The molecule has 0 atom stereocenters. The van der Waals surface area contributed by atoms with E-state index in [1.807, 2.05) is 44.3 Å². The first kappa shape index (κ1) is 13.9. The summed E-state index contributed by atoms with van der Waals surface area (Å²) < 4.78 is 0.812. The van der Waals surface area contributed by atoms with Crippen LogP contribution in [0, 0.1) is 12.3 Å². The SMILES string of the molecule is Cc1cc(N(C)Cc2ccc(Cl)s2)ccc1C(=N)N. The van der Waals surface area contributed by atoms with Crippen molar-refractivity contribution < 1.29 is 0 Å². The van der Waals surface area contributed by atoms with Crippen LogP contribution in [0.1, 0.15) is 16.0 Å². The fourth-order valence-corrected chi connectivity index (χ4v) is 3.09. The van der Waals surface area contributed by atoms with E-state index in [9.17, 15) is 0 Å². The van der Waals surface area contributed by atoms with Gasteiger partial charge in [0.15, 0.2) is 0 Å². The summed E-state index contributed by atoms with van der Waals surface area (Å²) in [5, 5.41) is 7.49. The quantitative estimate of drug-likeness (QED) is 0.668. The second-order valence-corrected chi connectivity index (χ2v) is 6.27. The molecule has 0 aliphatic rings. The number of thiophene rings is 1. The molecule has 3 N–H and O–H groups in total. The zero-order valence-electron chi connectivity index (χ0n) is 10.9. The van der Waals surface area contributed by atoms with E-state index in [0.29, 0.717) is 0 Å². The monoisotopic (exact) mass is 293 g/mol. The third-order valence-electron chi connectivity index (χ3n) is 2.96. The van der Waals surface area contributed by atoms with Gasteiger partial charge in [-0.05, 0) is 42.8 Å². The Morgan fingerprint density at radius 2 is 2.11 bits per heavy atom. The van der Waals surface area contributed by atoms with Crippen LogP contribution in [-0.4, -0.2) is 12.9 Å². The third kappa shape index (κ3) is 3.28. The lowest BCUT2D eigenvalue weighted by molar-refractivity contribution is 0.939. The van der Waals surface area contributed by atoms with Crippen LogP contribution in [0.4, 0.5) is 5.69 Å². The van der Waals surface area contributed by atoms with Crippen LogP contribution >= 0.6 is 22.9 Å². The van der Waals surface area contributed by atoms with E-state index >= 15 is 0 Å². The topological polar surface area (TPSA) is 53.1 Å². The number of amidine groups is 1. The van der Waals surface area contributed by atoms with Gasteiger partial charge in [-0.25, -0.2) is 0 Å². The fourth-order valence-electron chi connectivity index (χ4n) is 1.95. The molecule has 0 saturated carbocycles. The molecule has 0 saturated heterocycles. The Kier molecular flexibility index (Phi) is 4.12. The zero-order valence-corrected chi connectivity index (χ0v) is 12.5. The maximum absolute atomic E-state index is 7.49. The molecule has 0 aliphatic heterocycles. The van der Waals surface area contributed by atoms with Crippen molar-refractivity contribution in [2.24, 2.45) is 5.73 Å². The van der Waals surface area contributed by atoms with Gasteiger partial charge in [0.1, 0.15) is 5.84 Å².